The van der Waals surface area contributed by atoms with Gasteiger partial charge in [-0.25, -0.2) is 4.79 Å². The Bertz CT molecular complexity index is 704. The molecule has 3 aliphatic rings. The predicted octanol–water partition coefficient (Wildman–Crippen LogP) is 3.66. The van der Waals surface area contributed by atoms with E-state index in [0.717, 1.165) is 56.2 Å². The van der Waals surface area contributed by atoms with Crippen molar-refractivity contribution >= 4 is 12.0 Å². The van der Waals surface area contributed by atoms with Gasteiger partial charge in [-0.2, -0.15) is 0 Å². The molecule has 0 atom stereocenters. The summed E-state index contributed by atoms with van der Waals surface area (Å²) in [4.78, 5) is 29.2. The second-order valence-corrected chi connectivity index (χ2v) is 9.50. The van der Waals surface area contributed by atoms with Gasteiger partial charge in [0.15, 0.2) is 0 Å². The summed E-state index contributed by atoms with van der Waals surface area (Å²) in [5.41, 5.74) is 0.990. The Kier molecular flexibility index (Phi) is 7.84. The fourth-order valence-electron chi connectivity index (χ4n) is 5.36. The zero-order chi connectivity index (χ0) is 21.5. The maximum atomic E-state index is 13.0. The Morgan fingerprint density at radius 1 is 0.839 bits per heavy atom. The average molecular weight is 428 g/mol. The first-order valence-electron chi connectivity index (χ1n) is 12.1. The third-order valence-electron chi connectivity index (χ3n) is 7.36. The van der Waals surface area contributed by atoms with Gasteiger partial charge in [0.2, 0.25) is 5.91 Å². The van der Waals surface area contributed by atoms with Gasteiger partial charge in [0, 0.05) is 32.1 Å². The largest absolute Gasteiger partial charge is 0.445 e. The van der Waals surface area contributed by atoms with E-state index in [9.17, 15) is 9.59 Å². The van der Waals surface area contributed by atoms with Crippen LogP contribution in [-0.4, -0.2) is 61.1 Å². The van der Waals surface area contributed by atoms with Crippen LogP contribution in [0, 0.1) is 17.8 Å². The molecule has 3 saturated heterocycles. The predicted molar refractivity (Wildman–Crippen MR) is 120 cm³/mol. The molecule has 6 heteroatoms. The zero-order valence-corrected chi connectivity index (χ0v) is 18.6. The minimum Gasteiger partial charge on any atom is -0.445 e. The Balaban J connectivity index is 1.15. The first kappa shape index (κ1) is 22.1. The van der Waals surface area contributed by atoms with Crippen molar-refractivity contribution in [2.24, 2.45) is 17.8 Å². The van der Waals surface area contributed by atoms with E-state index in [2.05, 4.69) is 10.2 Å². The van der Waals surface area contributed by atoms with Gasteiger partial charge in [0.1, 0.15) is 6.61 Å². The van der Waals surface area contributed by atoms with Crippen LogP contribution in [0.3, 0.4) is 0 Å². The molecule has 2 amide bonds. The number of rotatable bonds is 5. The molecule has 170 valence electrons. The highest BCUT2D eigenvalue weighted by molar-refractivity contribution is 5.79. The molecule has 4 rings (SSSR count). The molecule has 1 aromatic rings. The molecular formula is C25H37N3O3. The monoisotopic (exact) mass is 427 g/mol. The Hall–Kier alpha value is -2.08. The van der Waals surface area contributed by atoms with E-state index in [4.69, 9.17) is 4.74 Å². The third kappa shape index (κ3) is 6.22. The van der Waals surface area contributed by atoms with E-state index in [1.807, 2.05) is 30.3 Å². The van der Waals surface area contributed by atoms with Gasteiger partial charge in [0.05, 0.1) is 0 Å². The number of piperidine rings is 3. The smallest absolute Gasteiger partial charge is 0.410 e. The van der Waals surface area contributed by atoms with Crippen molar-refractivity contribution in [3.05, 3.63) is 35.9 Å². The molecule has 6 nitrogen and oxygen atoms in total. The first-order chi connectivity index (χ1) is 15.2. The van der Waals surface area contributed by atoms with Gasteiger partial charge in [-0.3, -0.25) is 4.79 Å². The third-order valence-corrected chi connectivity index (χ3v) is 7.36. The number of hydrogen-bond acceptors (Lipinski definition) is 4. The fourth-order valence-corrected chi connectivity index (χ4v) is 5.36. The fraction of sp³-hybridized carbons (Fsp3) is 0.680. The van der Waals surface area contributed by atoms with Crippen molar-refractivity contribution in [2.45, 2.75) is 51.6 Å². The molecule has 3 fully saturated rings. The Morgan fingerprint density at radius 3 is 2.13 bits per heavy atom. The van der Waals surface area contributed by atoms with Crippen LogP contribution in [0.2, 0.25) is 0 Å². The lowest BCUT2D eigenvalue weighted by Crippen LogP contribution is -2.46. The molecule has 0 spiro atoms. The standard InChI is InChI=1S/C25H37N3O3/c29-24(27-14-8-21(9-15-27)18-20-6-12-26-13-7-20)23-10-16-28(17-11-23)25(30)31-19-22-4-2-1-3-5-22/h1-5,20-21,23,26H,6-19H2. The van der Waals surface area contributed by atoms with Crippen LogP contribution in [0.5, 0.6) is 0 Å². The van der Waals surface area contributed by atoms with Crippen LogP contribution in [0.1, 0.15) is 50.5 Å². The lowest BCUT2D eigenvalue weighted by molar-refractivity contribution is -0.138. The number of nitrogens with one attached hydrogen (secondary N) is 1. The Labute approximate surface area is 186 Å². The maximum absolute atomic E-state index is 13.0. The van der Waals surface area contributed by atoms with Crippen molar-refractivity contribution in [2.75, 3.05) is 39.3 Å². The number of benzene rings is 1. The van der Waals surface area contributed by atoms with Gasteiger partial charge in [-0.05, 0) is 75.4 Å². The second-order valence-electron chi connectivity index (χ2n) is 9.50. The molecule has 3 aliphatic heterocycles. The molecule has 1 aromatic carbocycles. The van der Waals surface area contributed by atoms with Crippen LogP contribution in [0.15, 0.2) is 30.3 Å². The molecule has 0 bridgehead atoms. The van der Waals surface area contributed by atoms with Gasteiger partial charge in [0.25, 0.3) is 0 Å². The van der Waals surface area contributed by atoms with Crippen LogP contribution in [0.4, 0.5) is 4.79 Å². The van der Waals surface area contributed by atoms with Gasteiger partial charge in [-0.15, -0.1) is 0 Å². The molecular weight excluding hydrogens is 390 g/mol. The highest BCUT2D eigenvalue weighted by Crippen LogP contribution is 2.30. The lowest BCUT2D eigenvalue weighted by atomic mass is 9.83. The SMILES string of the molecule is O=C(OCc1ccccc1)N1CCC(C(=O)N2CCC(CC3CCNCC3)CC2)CC1. The number of likely N-dealkylation sites (tertiary alicyclic amines) is 2. The van der Waals surface area contributed by atoms with Crippen LogP contribution >= 0.6 is 0 Å². The number of carbonyl (C=O) groups is 2. The van der Waals surface area contributed by atoms with Crippen LogP contribution in [-0.2, 0) is 16.1 Å². The summed E-state index contributed by atoms with van der Waals surface area (Å²) in [6.45, 7) is 5.67. The van der Waals surface area contributed by atoms with E-state index in [-0.39, 0.29) is 12.0 Å². The van der Waals surface area contributed by atoms with Crippen LogP contribution in [0.25, 0.3) is 0 Å². The van der Waals surface area contributed by atoms with E-state index < -0.39 is 0 Å². The van der Waals surface area contributed by atoms with E-state index in [1.54, 1.807) is 4.90 Å². The summed E-state index contributed by atoms with van der Waals surface area (Å²) in [7, 11) is 0. The minimum absolute atomic E-state index is 0.0548. The molecule has 0 radical (unpaired) electrons. The molecule has 31 heavy (non-hydrogen) atoms. The van der Waals surface area contributed by atoms with Crippen molar-refractivity contribution in [3.63, 3.8) is 0 Å². The molecule has 0 saturated carbocycles. The van der Waals surface area contributed by atoms with E-state index >= 15 is 0 Å². The second kappa shape index (κ2) is 11.0. The number of carbonyl (C=O) groups excluding carboxylic acids is 2. The normalized spacial score (nSPS) is 21.8. The van der Waals surface area contributed by atoms with Gasteiger partial charge in [-0.1, -0.05) is 30.3 Å². The quantitative estimate of drug-likeness (QED) is 0.779. The molecule has 0 aromatic heterocycles. The summed E-state index contributed by atoms with van der Waals surface area (Å²) in [5, 5.41) is 3.45. The molecule has 0 unspecified atom stereocenters. The van der Waals surface area contributed by atoms with Crippen molar-refractivity contribution < 1.29 is 14.3 Å². The summed E-state index contributed by atoms with van der Waals surface area (Å²) >= 11 is 0. The summed E-state index contributed by atoms with van der Waals surface area (Å²) < 4.78 is 5.44. The zero-order valence-electron chi connectivity index (χ0n) is 18.6. The van der Waals surface area contributed by atoms with Gasteiger partial charge < -0.3 is 19.9 Å². The van der Waals surface area contributed by atoms with Crippen molar-refractivity contribution in [3.8, 4) is 0 Å². The topological polar surface area (TPSA) is 61.9 Å². The summed E-state index contributed by atoms with van der Waals surface area (Å²) in [5.74, 6) is 2.02. The maximum Gasteiger partial charge on any atom is 0.410 e. The van der Waals surface area contributed by atoms with E-state index in [1.165, 1.54) is 32.4 Å². The summed E-state index contributed by atoms with van der Waals surface area (Å²) in [6.07, 6.45) is 7.49. The highest BCUT2D eigenvalue weighted by Gasteiger charge is 2.33. The number of hydrogen-bond donors (Lipinski definition) is 1. The van der Waals surface area contributed by atoms with E-state index in [0.29, 0.717) is 25.6 Å². The molecule has 1 N–H and O–H groups in total. The number of amides is 2. The average Bonchev–Trinajstić information content (AvgIpc) is 2.84. The van der Waals surface area contributed by atoms with Gasteiger partial charge >= 0.3 is 6.09 Å². The first-order valence-corrected chi connectivity index (χ1v) is 12.1. The Morgan fingerprint density at radius 2 is 1.45 bits per heavy atom. The summed E-state index contributed by atoms with van der Waals surface area (Å²) in [6, 6.07) is 9.73. The number of nitrogens with zero attached hydrogens (tertiary/aromatic N) is 2. The van der Waals surface area contributed by atoms with Crippen molar-refractivity contribution in [1.29, 1.82) is 0 Å². The molecule has 0 aliphatic carbocycles. The number of ether oxygens (including phenoxy) is 1. The molecule has 3 heterocycles. The minimum atomic E-state index is -0.270. The van der Waals surface area contributed by atoms with Crippen molar-refractivity contribution in [1.82, 2.24) is 15.1 Å². The highest BCUT2D eigenvalue weighted by atomic mass is 16.6. The lowest BCUT2D eigenvalue weighted by Gasteiger charge is -2.38. The van der Waals surface area contributed by atoms with Crippen LogP contribution < -0.4 is 5.32 Å².